The molecule has 0 heterocycles. The van der Waals surface area contributed by atoms with Crippen LogP contribution in [0.3, 0.4) is 0 Å². The van der Waals surface area contributed by atoms with Crippen LogP contribution >= 0.6 is 0 Å². The average molecular weight is 259 g/mol. The fraction of sp³-hybridized carbons (Fsp3) is 1.00. The highest BCUT2D eigenvalue weighted by molar-refractivity contribution is 4.89. The van der Waals surface area contributed by atoms with Crippen LogP contribution in [0, 0.1) is 5.92 Å². The normalized spacial score (nSPS) is 32.7. The zero-order chi connectivity index (χ0) is 13.4. The number of methoxy groups -OCH3 is 2. The Kier molecular flexibility index (Phi) is 7.82. The summed E-state index contributed by atoms with van der Waals surface area (Å²) in [6.07, 6.45) is 3.83. The van der Waals surface area contributed by atoms with Gasteiger partial charge in [0.05, 0.1) is 18.3 Å². The van der Waals surface area contributed by atoms with Gasteiger partial charge in [-0.1, -0.05) is 6.92 Å². The van der Waals surface area contributed by atoms with Crippen molar-refractivity contribution >= 4 is 0 Å². The summed E-state index contributed by atoms with van der Waals surface area (Å²) >= 11 is 0. The molecule has 0 saturated heterocycles. The minimum absolute atomic E-state index is 0.226. The Balaban J connectivity index is 2.55. The SMILES string of the molecule is CCCNCC1C(OC)CC(OCC)CC1OC. The summed E-state index contributed by atoms with van der Waals surface area (Å²) in [6.45, 7) is 7.00. The molecule has 0 radical (unpaired) electrons. The van der Waals surface area contributed by atoms with Gasteiger partial charge in [-0.25, -0.2) is 0 Å². The van der Waals surface area contributed by atoms with Crippen molar-refractivity contribution in [3.8, 4) is 0 Å². The molecule has 18 heavy (non-hydrogen) atoms. The summed E-state index contributed by atoms with van der Waals surface area (Å²) in [5.74, 6) is 0.420. The molecule has 0 amide bonds. The number of nitrogens with one attached hydrogen (secondary N) is 1. The van der Waals surface area contributed by atoms with Crippen molar-refractivity contribution in [2.45, 2.75) is 51.4 Å². The number of hydrogen-bond acceptors (Lipinski definition) is 4. The number of ether oxygens (including phenoxy) is 3. The number of rotatable bonds is 8. The van der Waals surface area contributed by atoms with E-state index in [0.717, 1.165) is 39.0 Å². The highest BCUT2D eigenvalue weighted by Crippen LogP contribution is 2.30. The summed E-state index contributed by atoms with van der Waals surface area (Å²) < 4.78 is 17.0. The van der Waals surface area contributed by atoms with E-state index >= 15 is 0 Å². The van der Waals surface area contributed by atoms with Crippen molar-refractivity contribution in [3.05, 3.63) is 0 Å². The molecule has 108 valence electrons. The van der Waals surface area contributed by atoms with Crippen molar-refractivity contribution in [2.24, 2.45) is 5.92 Å². The van der Waals surface area contributed by atoms with Crippen LogP contribution in [-0.2, 0) is 14.2 Å². The van der Waals surface area contributed by atoms with Gasteiger partial charge in [-0.2, -0.15) is 0 Å². The Bertz CT molecular complexity index is 199. The van der Waals surface area contributed by atoms with Gasteiger partial charge in [0.2, 0.25) is 0 Å². The molecule has 4 heteroatoms. The van der Waals surface area contributed by atoms with Crippen molar-refractivity contribution in [3.63, 3.8) is 0 Å². The second-order valence-corrected chi connectivity index (χ2v) is 4.97. The van der Waals surface area contributed by atoms with E-state index in [2.05, 4.69) is 12.2 Å². The average Bonchev–Trinajstić information content (AvgIpc) is 2.40. The standard InChI is InChI=1S/C14H29NO3/c1-5-7-15-10-12-13(16-3)8-11(18-6-2)9-14(12)17-4/h11-15H,5-10H2,1-4H3. The molecule has 1 saturated carbocycles. The second-order valence-electron chi connectivity index (χ2n) is 4.97. The van der Waals surface area contributed by atoms with Crippen LogP contribution in [0.4, 0.5) is 0 Å². The van der Waals surface area contributed by atoms with Gasteiger partial charge in [0.15, 0.2) is 0 Å². The molecule has 1 fully saturated rings. The zero-order valence-electron chi connectivity index (χ0n) is 12.3. The Hall–Kier alpha value is -0.160. The van der Waals surface area contributed by atoms with Crippen molar-refractivity contribution in [2.75, 3.05) is 33.9 Å². The summed E-state index contributed by atoms with van der Waals surface area (Å²) in [6, 6.07) is 0. The largest absolute Gasteiger partial charge is 0.381 e. The molecule has 0 aromatic heterocycles. The first-order chi connectivity index (χ1) is 8.76. The van der Waals surface area contributed by atoms with Crippen LogP contribution in [0.5, 0.6) is 0 Å². The Morgan fingerprint density at radius 2 is 1.67 bits per heavy atom. The van der Waals surface area contributed by atoms with Gasteiger partial charge in [-0.15, -0.1) is 0 Å². The predicted molar refractivity (Wildman–Crippen MR) is 72.9 cm³/mol. The quantitative estimate of drug-likeness (QED) is 0.675. The van der Waals surface area contributed by atoms with E-state index in [0.29, 0.717) is 5.92 Å². The molecule has 1 aliphatic rings. The lowest BCUT2D eigenvalue weighted by Crippen LogP contribution is -2.49. The van der Waals surface area contributed by atoms with Crippen molar-refractivity contribution < 1.29 is 14.2 Å². The lowest BCUT2D eigenvalue weighted by atomic mass is 9.82. The zero-order valence-corrected chi connectivity index (χ0v) is 12.3. The smallest absolute Gasteiger partial charge is 0.0661 e. The first-order valence-corrected chi connectivity index (χ1v) is 7.14. The molecule has 1 aliphatic carbocycles. The van der Waals surface area contributed by atoms with Gasteiger partial charge in [-0.05, 0) is 19.9 Å². The summed E-state index contributed by atoms with van der Waals surface area (Å²) in [4.78, 5) is 0. The molecule has 4 nitrogen and oxygen atoms in total. The Labute approximate surface area is 111 Å². The number of hydrogen-bond donors (Lipinski definition) is 1. The lowest BCUT2D eigenvalue weighted by molar-refractivity contribution is -0.115. The van der Waals surface area contributed by atoms with Gasteiger partial charge in [0.1, 0.15) is 0 Å². The molecule has 0 spiro atoms. The van der Waals surface area contributed by atoms with E-state index in [1.807, 2.05) is 6.92 Å². The van der Waals surface area contributed by atoms with Crippen LogP contribution in [0.15, 0.2) is 0 Å². The lowest BCUT2D eigenvalue weighted by Gasteiger charge is -2.40. The van der Waals surface area contributed by atoms with Gasteiger partial charge in [-0.3, -0.25) is 0 Å². The predicted octanol–water partition coefficient (Wildman–Crippen LogP) is 1.83. The topological polar surface area (TPSA) is 39.7 Å². The maximum atomic E-state index is 5.74. The maximum absolute atomic E-state index is 5.74. The van der Waals surface area contributed by atoms with Gasteiger partial charge < -0.3 is 19.5 Å². The molecule has 0 aromatic rings. The van der Waals surface area contributed by atoms with E-state index in [9.17, 15) is 0 Å². The van der Waals surface area contributed by atoms with Gasteiger partial charge in [0.25, 0.3) is 0 Å². The molecule has 1 N–H and O–H groups in total. The summed E-state index contributed by atoms with van der Waals surface area (Å²) in [5, 5.41) is 3.48. The van der Waals surface area contributed by atoms with E-state index < -0.39 is 0 Å². The molecular formula is C14H29NO3. The van der Waals surface area contributed by atoms with E-state index in [1.165, 1.54) is 0 Å². The molecule has 0 aromatic carbocycles. The molecule has 2 unspecified atom stereocenters. The fourth-order valence-corrected chi connectivity index (χ4v) is 2.83. The van der Waals surface area contributed by atoms with Crippen LogP contribution in [-0.4, -0.2) is 52.2 Å². The van der Waals surface area contributed by atoms with Crippen LogP contribution in [0.2, 0.25) is 0 Å². The first kappa shape index (κ1) is 15.9. The first-order valence-electron chi connectivity index (χ1n) is 7.14. The van der Waals surface area contributed by atoms with Crippen LogP contribution in [0.1, 0.15) is 33.1 Å². The third-order valence-corrected chi connectivity index (χ3v) is 3.76. The van der Waals surface area contributed by atoms with Gasteiger partial charge >= 0.3 is 0 Å². The minimum atomic E-state index is 0.226. The fourth-order valence-electron chi connectivity index (χ4n) is 2.83. The molecule has 2 atom stereocenters. The van der Waals surface area contributed by atoms with E-state index in [4.69, 9.17) is 14.2 Å². The second kappa shape index (κ2) is 8.86. The van der Waals surface area contributed by atoms with E-state index in [1.54, 1.807) is 14.2 Å². The van der Waals surface area contributed by atoms with E-state index in [-0.39, 0.29) is 18.3 Å². The maximum Gasteiger partial charge on any atom is 0.0661 e. The molecular weight excluding hydrogens is 230 g/mol. The third kappa shape index (κ3) is 4.50. The highest BCUT2D eigenvalue weighted by atomic mass is 16.5. The summed E-state index contributed by atoms with van der Waals surface area (Å²) in [5.41, 5.74) is 0. The van der Waals surface area contributed by atoms with Crippen LogP contribution < -0.4 is 5.32 Å². The molecule has 0 aliphatic heterocycles. The van der Waals surface area contributed by atoms with Crippen LogP contribution in [0.25, 0.3) is 0 Å². The highest BCUT2D eigenvalue weighted by Gasteiger charge is 2.38. The minimum Gasteiger partial charge on any atom is -0.381 e. The Morgan fingerprint density at radius 1 is 1.06 bits per heavy atom. The van der Waals surface area contributed by atoms with Crippen molar-refractivity contribution in [1.29, 1.82) is 0 Å². The monoisotopic (exact) mass is 259 g/mol. The third-order valence-electron chi connectivity index (χ3n) is 3.76. The molecule has 0 bridgehead atoms. The van der Waals surface area contributed by atoms with Gasteiger partial charge in [0, 0.05) is 46.1 Å². The summed E-state index contributed by atoms with van der Waals surface area (Å²) in [7, 11) is 3.58. The molecule has 1 rings (SSSR count). The Morgan fingerprint density at radius 3 is 2.11 bits per heavy atom. The van der Waals surface area contributed by atoms with Crippen molar-refractivity contribution in [1.82, 2.24) is 5.32 Å².